The van der Waals surface area contributed by atoms with Crippen molar-refractivity contribution in [1.82, 2.24) is 0 Å². The van der Waals surface area contributed by atoms with Crippen molar-refractivity contribution < 1.29 is 14.3 Å². The number of ketones is 1. The number of carbonyl (C=O) groups is 2. The number of hydrogen-bond donors (Lipinski definition) is 0. The van der Waals surface area contributed by atoms with Crippen LogP contribution in [-0.2, 0) is 9.53 Å². The molecule has 0 unspecified atom stereocenters. The van der Waals surface area contributed by atoms with E-state index in [-0.39, 0.29) is 12.4 Å². The van der Waals surface area contributed by atoms with Gasteiger partial charge in [0.15, 0.2) is 12.4 Å². The van der Waals surface area contributed by atoms with E-state index in [0.29, 0.717) is 5.56 Å². The Labute approximate surface area is 88.4 Å². The Balaban J connectivity index is 2.47. The smallest absolute Gasteiger partial charge is 0.330 e. The van der Waals surface area contributed by atoms with E-state index in [2.05, 4.69) is 0 Å². The van der Waals surface area contributed by atoms with Gasteiger partial charge in [0.25, 0.3) is 0 Å². The van der Waals surface area contributed by atoms with Gasteiger partial charge < -0.3 is 4.74 Å². The first-order chi connectivity index (χ1) is 7.24. The molecule has 0 N–H and O–H groups in total. The maximum absolute atomic E-state index is 11.5. The molecule has 15 heavy (non-hydrogen) atoms. The molecule has 0 atom stereocenters. The van der Waals surface area contributed by atoms with Crippen molar-refractivity contribution in [2.75, 3.05) is 6.61 Å². The highest BCUT2D eigenvalue weighted by atomic mass is 16.5. The molecule has 3 nitrogen and oxygen atoms in total. The minimum atomic E-state index is -0.498. The first-order valence-corrected chi connectivity index (χ1v) is 4.61. The first kappa shape index (κ1) is 11.2. The van der Waals surface area contributed by atoms with Gasteiger partial charge in [-0.05, 0) is 6.92 Å². The van der Waals surface area contributed by atoms with Crippen molar-refractivity contribution in [1.29, 1.82) is 0 Å². The van der Waals surface area contributed by atoms with Crippen molar-refractivity contribution in [3.05, 3.63) is 48.0 Å². The lowest BCUT2D eigenvalue weighted by Gasteiger charge is -2.00. The van der Waals surface area contributed by atoms with E-state index in [9.17, 15) is 9.59 Å². The fraction of sp³-hybridized carbons (Fsp3) is 0.167. The number of benzene rings is 1. The zero-order chi connectivity index (χ0) is 11.1. The van der Waals surface area contributed by atoms with Crippen LogP contribution in [0.25, 0.3) is 0 Å². The van der Waals surface area contributed by atoms with Crippen LogP contribution in [0, 0.1) is 0 Å². The second-order valence-electron chi connectivity index (χ2n) is 2.90. The second-order valence-corrected chi connectivity index (χ2v) is 2.90. The molecule has 78 valence electrons. The number of esters is 1. The standard InChI is InChI=1S/C12H12O3/c1-2-6-12(14)15-9-11(13)10-7-4-3-5-8-10/h2-8H,9H2,1H3. The predicted octanol–water partition coefficient (Wildman–Crippen LogP) is 1.99. The largest absolute Gasteiger partial charge is 0.454 e. The minimum Gasteiger partial charge on any atom is -0.454 e. The van der Waals surface area contributed by atoms with Crippen LogP contribution in [0.2, 0.25) is 0 Å². The Bertz CT molecular complexity index is 366. The fourth-order valence-electron chi connectivity index (χ4n) is 1.03. The van der Waals surface area contributed by atoms with Crippen molar-refractivity contribution in [3.8, 4) is 0 Å². The van der Waals surface area contributed by atoms with E-state index in [1.165, 1.54) is 6.08 Å². The molecule has 0 spiro atoms. The summed E-state index contributed by atoms with van der Waals surface area (Å²) in [5, 5.41) is 0. The molecule has 0 radical (unpaired) electrons. The molecule has 0 saturated carbocycles. The monoisotopic (exact) mass is 204 g/mol. The summed E-state index contributed by atoms with van der Waals surface area (Å²) < 4.78 is 4.72. The van der Waals surface area contributed by atoms with E-state index >= 15 is 0 Å². The van der Waals surface area contributed by atoms with Crippen molar-refractivity contribution >= 4 is 11.8 Å². The summed E-state index contributed by atoms with van der Waals surface area (Å²) in [6.45, 7) is 1.49. The maximum Gasteiger partial charge on any atom is 0.330 e. The van der Waals surface area contributed by atoms with Crippen LogP contribution in [0.5, 0.6) is 0 Å². The van der Waals surface area contributed by atoms with E-state index in [4.69, 9.17) is 4.74 Å². The predicted molar refractivity (Wildman–Crippen MR) is 56.5 cm³/mol. The van der Waals surface area contributed by atoms with Crippen LogP contribution in [0.3, 0.4) is 0 Å². The van der Waals surface area contributed by atoms with Gasteiger partial charge in [0, 0.05) is 11.6 Å². The van der Waals surface area contributed by atoms with Crippen LogP contribution in [0.15, 0.2) is 42.5 Å². The van der Waals surface area contributed by atoms with Crippen molar-refractivity contribution in [2.45, 2.75) is 6.92 Å². The number of allylic oxidation sites excluding steroid dienone is 1. The quantitative estimate of drug-likeness (QED) is 0.428. The molecular weight excluding hydrogens is 192 g/mol. The molecule has 0 heterocycles. The zero-order valence-corrected chi connectivity index (χ0v) is 8.47. The average Bonchev–Trinajstić information content (AvgIpc) is 2.27. The summed E-state index contributed by atoms with van der Waals surface area (Å²) in [5.74, 6) is -0.699. The number of Topliss-reactive ketones (excluding diaryl/α,β-unsaturated/α-hetero) is 1. The molecule has 0 bridgehead atoms. The number of carbonyl (C=O) groups excluding carboxylic acids is 2. The third kappa shape index (κ3) is 3.77. The van der Waals surface area contributed by atoms with Crippen LogP contribution in [0.1, 0.15) is 17.3 Å². The van der Waals surface area contributed by atoms with E-state index < -0.39 is 5.97 Å². The molecule has 0 aromatic heterocycles. The van der Waals surface area contributed by atoms with Gasteiger partial charge in [-0.15, -0.1) is 0 Å². The van der Waals surface area contributed by atoms with Gasteiger partial charge in [-0.1, -0.05) is 36.4 Å². The molecule has 0 saturated heterocycles. The first-order valence-electron chi connectivity index (χ1n) is 4.61. The third-order valence-corrected chi connectivity index (χ3v) is 1.74. The third-order valence-electron chi connectivity index (χ3n) is 1.74. The maximum atomic E-state index is 11.5. The highest BCUT2D eigenvalue weighted by molar-refractivity contribution is 5.98. The normalized spacial score (nSPS) is 10.2. The molecule has 0 aliphatic heterocycles. The van der Waals surface area contributed by atoms with Gasteiger partial charge in [-0.2, -0.15) is 0 Å². The highest BCUT2D eigenvalue weighted by Crippen LogP contribution is 2.00. The van der Waals surface area contributed by atoms with Gasteiger partial charge in [-0.3, -0.25) is 4.79 Å². The Morgan fingerprint density at radius 1 is 1.27 bits per heavy atom. The van der Waals surface area contributed by atoms with Gasteiger partial charge >= 0.3 is 5.97 Å². The lowest BCUT2D eigenvalue weighted by molar-refractivity contribution is -0.136. The lowest BCUT2D eigenvalue weighted by atomic mass is 10.1. The molecule has 0 aliphatic carbocycles. The zero-order valence-electron chi connectivity index (χ0n) is 8.47. The molecule has 0 amide bonds. The SMILES string of the molecule is CC=CC(=O)OCC(=O)c1ccccc1. The van der Waals surface area contributed by atoms with Gasteiger partial charge in [-0.25, -0.2) is 4.79 Å². The van der Waals surface area contributed by atoms with Crippen LogP contribution < -0.4 is 0 Å². The molecule has 1 aromatic carbocycles. The highest BCUT2D eigenvalue weighted by Gasteiger charge is 2.06. The van der Waals surface area contributed by atoms with Crippen LogP contribution in [0.4, 0.5) is 0 Å². The topological polar surface area (TPSA) is 43.4 Å². The van der Waals surface area contributed by atoms with Crippen molar-refractivity contribution in [2.24, 2.45) is 0 Å². The van der Waals surface area contributed by atoms with Gasteiger partial charge in [0.05, 0.1) is 0 Å². The summed E-state index contributed by atoms with van der Waals surface area (Å²) in [6.07, 6.45) is 2.84. The summed E-state index contributed by atoms with van der Waals surface area (Å²) >= 11 is 0. The van der Waals surface area contributed by atoms with Gasteiger partial charge in [0.2, 0.25) is 0 Å². The molecule has 1 rings (SSSR count). The molecule has 0 aliphatic rings. The van der Waals surface area contributed by atoms with Crippen molar-refractivity contribution in [3.63, 3.8) is 0 Å². The summed E-state index contributed by atoms with van der Waals surface area (Å²) in [5.41, 5.74) is 0.547. The van der Waals surface area contributed by atoms with Crippen LogP contribution >= 0.6 is 0 Å². The van der Waals surface area contributed by atoms with E-state index in [1.807, 2.05) is 6.07 Å². The number of rotatable bonds is 4. The Morgan fingerprint density at radius 3 is 2.53 bits per heavy atom. The number of hydrogen-bond acceptors (Lipinski definition) is 3. The molecule has 0 fully saturated rings. The lowest BCUT2D eigenvalue weighted by Crippen LogP contribution is -2.12. The summed E-state index contributed by atoms with van der Waals surface area (Å²) in [4.78, 5) is 22.4. The van der Waals surface area contributed by atoms with E-state index in [1.54, 1.807) is 37.3 Å². The fourth-order valence-corrected chi connectivity index (χ4v) is 1.03. The average molecular weight is 204 g/mol. The molecule has 3 heteroatoms. The number of ether oxygens (including phenoxy) is 1. The summed E-state index contributed by atoms with van der Waals surface area (Å²) in [7, 11) is 0. The molecule has 1 aromatic rings. The second kappa shape index (κ2) is 5.75. The Hall–Kier alpha value is -1.90. The van der Waals surface area contributed by atoms with E-state index in [0.717, 1.165) is 0 Å². The Kier molecular flexibility index (Phi) is 4.29. The molecular formula is C12H12O3. The Morgan fingerprint density at radius 2 is 1.93 bits per heavy atom. The van der Waals surface area contributed by atoms with Crippen LogP contribution in [-0.4, -0.2) is 18.4 Å². The summed E-state index contributed by atoms with van der Waals surface area (Å²) in [6, 6.07) is 8.72. The van der Waals surface area contributed by atoms with Gasteiger partial charge in [0.1, 0.15) is 0 Å². The minimum absolute atomic E-state index is 0.201.